The highest BCUT2D eigenvalue weighted by molar-refractivity contribution is 5.75. The molecule has 6 nitrogen and oxygen atoms in total. The molecule has 128 valence electrons. The number of carbonyl (C=O) groups excluding carboxylic acids is 1. The first kappa shape index (κ1) is 17.7. The number of hydrogen-bond donors (Lipinski definition) is 2. The summed E-state index contributed by atoms with van der Waals surface area (Å²) in [5, 5.41) is 19.5. The lowest BCUT2D eigenvalue weighted by molar-refractivity contribution is -0.273. The Morgan fingerprint density at radius 3 is 2.73 bits per heavy atom. The minimum absolute atomic E-state index is 0.0545. The lowest BCUT2D eigenvalue weighted by Gasteiger charge is -2.36. The molecule has 1 heterocycles. The average molecular weight is 316 g/mol. The lowest BCUT2D eigenvalue weighted by atomic mass is 10.0. The Bertz CT molecular complexity index is 374. The predicted molar refractivity (Wildman–Crippen MR) is 79.0 cm³/mol. The predicted octanol–water partition coefficient (Wildman–Crippen LogP) is 1.23. The van der Waals surface area contributed by atoms with Gasteiger partial charge in [-0.1, -0.05) is 0 Å². The quantitative estimate of drug-likeness (QED) is 0.687. The van der Waals surface area contributed by atoms with Crippen molar-refractivity contribution in [2.24, 2.45) is 11.8 Å². The first-order valence-electron chi connectivity index (χ1n) is 8.26. The number of rotatable bonds is 7. The minimum Gasteiger partial charge on any atom is -0.466 e. The van der Waals surface area contributed by atoms with Crippen molar-refractivity contribution in [2.75, 3.05) is 6.61 Å². The van der Waals surface area contributed by atoms with Crippen molar-refractivity contribution in [3.05, 3.63) is 0 Å². The second-order valence-corrected chi connectivity index (χ2v) is 6.46. The van der Waals surface area contributed by atoms with Crippen LogP contribution in [0.15, 0.2) is 0 Å². The van der Waals surface area contributed by atoms with Crippen molar-refractivity contribution in [2.45, 2.75) is 77.2 Å². The lowest BCUT2D eigenvalue weighted by Crippen LogP contribution is -2.48. The monoisotopic (exact) mass is 316 g/mol. The number of carbonyl (C=O) groups is 1. The molecule has 6 heteroatoms. The van der Waals surface area contributed by atoms with E-state index in [1.165, 1.54) is 0 Å². The number of esters is 1. The summed E-state index contributed by atoms with van der Waals surface area (Å²) in [6.07, 6.45) is 0.346. The van der Waals surface area contributed by atoms with Gasteiger partial charge in [-0.15, -0.1) is 0 Å². The third-order valence-corrected chi connectivity index (χ3v) is 4.51. The zero-order valence-electron chi connectivity index (χ0n) is 13.6. The molecule has 1 saturated heterocycles. The van der Waals surface area contributed by atoms with Crippen LogP contribution in [0, 0.1) is 11.8 Å². The normalized spacial score (nSPS) is 39.3. The maximum Gasteiger partial charge on any atom is 0.309 e. The molecule has 22 heavy (non-hydrogen) atoms. The van der Waals surface area contributed by atoms with E-state index in [4.69, 9.17) is 14.2 Å². The van der Waals surface area contributed by atoms with Crippen molar-refractivity contribution in [3.8, 4) is 0 Å². The Kier molecular flexibility index (Phi) is 6.20. The number of aliphatic hydroxyl groups is 2. The highest BCUT2D eigenvalue weighted by Gasteiger charge is 2.44. The second-order valence-electron chi connectivity index (χ2n) is 6.46. The molecule has 2 aliphatic rings. The van der Waals surface area contributed by atoms with Gasteiger partial charge in [-0.25, -0.2) is 0 Å². The fourth-order valence-corrected chi connectivity index (χ4v) is 2.92. The maximum absolute atomic E-state index is 11.6. The molecule has 2 N–H and O–H groups in total. The summed E-state index contributed by atoms with van der Waals surface area (Å²) in [6.45, 7) is 5.96. The highest BCUT2D eigenvalue weighted by atomic mass is 16.7. The standard InChI is InChI=1S/C16H28O6/c1-4-20-15(19)12-7-11(12)6-5-9(2)21-16-14(18)8-13(17)10(3)22-16/h9-14,16-18H,4-8H2,1-3H3/t9-,10+,11+,12+,13?,14-,16?/m1/s1. The first-order chi connectivity index (χ1) is 10.4. The van der Waals surface area contributed by atoms with E-state index in [-0.39, 0.29) is 30.5 Å². The average Bonchev–Trinajstić information content (AvgIpc) is 3.22. The molecule has 0 bridgehead atoms. The van der Waals surface area contributed by atoms with Crippen molar-refractivity contribution in [1.82, 2.24) is 0 Å². The molecule has 2 unspecified atom stereocenters. The molecule has 2 rings (SSSR count). The Labute approximate surface area is 131 Å². The number of ether oxygens (including phenoxy) is 3. The van der Waals surface area contributed by atoms with Crippen molar-refractivity contribution in [3.63, 3.8) is 0 Å². The Morgan fingerprint density at radius 2 is 2.05 bits per heavy atom. The molecule has 0 radical (unpaired) electrons. The minimum atomic E-state index is -0.804. The highest BCUT2D eigenvalue weighted by Crippen LogP contribution is 2.43. The van der Waals surface area contributed by atoms with E-state index in [9.17, 15) is 15.0 Å². The van der Waals surface area contributed by atoms with E-state index in [1.807, 2.05) is 13.8 Å². The molecule has 1 aliphatic heterocycles. The zero-order valence-corrected chi connectivity index (χ0v) is 13.6. The van der Waals surface area contributed by atoms with Gasteiger partial charge in [0.25, 0.3) is 0 Å². The second kappa shape index (κ2) is 7.73. The maximum atomic E-state index is 11.6. The van der Waals surface area contributed by atoms with Gasteiger partial charge in [-0.3, -0.25) is 4.79 Å². The molecular formula is C16H28O6. The van der Waals surface area contributed by atoms with Gasteiger partial charge in [-0.2, -0.15) is 0 Å². The van der Waals surface area contributed by atoms with E-state index >= 15 is 0 Å². The molecule has 0 aromatic carbocycles. The molecule has 0 aromatic heterocycles. The van der Waals surface area contributed by atoms with Crippen LogP contribution in [0.1, 0.15) is 46.5 Å². The number of aliphatic hydroxyl groups excluding tert-OH is 2. The van der Waals surface area contributed by atoms with Gasteiger partial charge in [-0.05, 0) is 46.0 Å². The van der Waals surface area contributed by atoms with E-state index in [0.717, 1.165) is 19.3 Å². The van der Waals surface area contributed by atoms with E-state index in [1.54, 1.807) is 6.92 Å². The molecular weight excluding hydrogens is 288 g/mol. The van der Waals surface area contributed by atoms with Crippen LogP contribution in [0.4, 0.5) is 0 Å². The summed E-state index contributed by atoms with van der Waals surface area (Å²) < 4.78 is 16.3. The van der Waals surface area contributed by atoms with E-state index in [2.05, 4.69) is 0 Å². The van der Waals surface area contributed by atoms with Gasteiger partial charge < -0.3 is 24.4 Å². The smallest absolute Gasteiger partial charge is 0.309 e. The molecule has 2 fully saturated rings. The van der Waals surface area contributed by atoms with Crippen LogP contribution < -0.4 is 0 Å². The summed E-state index contributed by atoms with van der Waals surface area (Å²) >= 11 is 0. The van der Waals surface area contributed by atoms with Crippen molar-refractivity contribution < 1.29 is 29.2 Å². The zero-order chi connectivity index (χ0) is 16.3. The third kappa shape index (κ3) is 4.65. The van der Waals surface area contributed by atoms with Crippen LogP contribution in [-0.2, 0) is 19.0 Å². The molecule has 7 atom stereocenters. The molecule has 1 saturated carbocycles. The van der Waals surface area contributed by atoms with Gasteiger partial charge in [0.15, 0.2) is 6.29 Å². The van der Waals surface area contributed by atoms with Crippen LogP contribution >= 0.6 is 0 Å². The van der Waals surface area contributed by atoms with Gasteiger partial charge >= 0.3 is 5.97 Å². The molecule has 0 spiro atoms. The van der Waals surface area contributed by atoms with Crippen molar-refractivity contribution in [1.29, 1.82) is 0 Å². The van der Waals surface area contributed by atoms with Gasteiger partial charge in [0.2, 0.25) is 0 Å². The SMILES string of the molecule is CCOC(=O)[C@H]1C[C@@H]1CC[C@@H](C)OC1O[C@@H](C)C(O)C[C@H]1O. The summed E-state index contributed by atoms with van der Waals surface area (Å²) in [6, 6.07) is 0. The number of hydrogen-bond acceptors (Lipinski definition) is 6. The summed E-state index contributed by atoms with van der Waals surface area (Å²) in [4.78, 5) is 11.6. The van der Waals surface area contributed by atoms with Gasteiger partial charge in [0.1, 0.15) is 6.10 Å². The van der Waals surface area contributed by atoms with Crippen LogP contribution in [0.2, 0.25) is 0 Å². The van der Waals surface area contributed by atoms with Gasteiger partial charge in [0, 0.05) is 6.42 Å². The Hall–Kier alpha value is -0.690. The molecule has 1 aliphatic carbocycles. The summed E-state index contributed by atoms with van der Waals surface area (Å²) in [7, 11) is 0. The van der Waals surface area contributed by atoms with E-state index in [0.29, 0.717) is 12.5 Å². The molecule has 0 amide bonds. The Morgan fingerprint density at radius 1 is 1.32 bits per heavy atom. The fraction of sp³-hybridized carbons (Fsp3) is 0.938. The topological polar surface area (TPSA) is 85.2 Å². The van der Waals surface area contributed by atoms with Crippen molar-refractivity contribution >= 4 is 5.97 Å². The van der Waals surface area contributed by atoms with Crippen LogP contribution in [-0.4, -0.2) is 53.5 Å². The van der Waals surface area contributed by atoms with Crippen LogP contribution in [0.3, 0.4) is 0 Å². The summed E-state index contributed by atoms with van der Waals surface area (Å²) in [5.41, 5.74) is 0. The first-order valence-corrected chi connectivity index (χ1v) is 8.26. The summed E-state index contributed by atoms with van der Waals surface area (Å²) in [5.74, 6) is 0.358. The third-order valence-electron chi connectivity index (χ3n) is 4.51. The largest absolute Gasteiger partial charge is 0.466 e. The molecule has 0 aromatic rings. The van der Waals surface area contributed by atoms with Crippen LogP contribution in [0.25, 0.3) is 0 Å². The Balaban J connectivity index is 1.66. The van der Waals surface area contributed by atoms with E-state index < -0.39 is 18.5 Å². The van der Waals surface area contributed by atoms with Gasteiger partial charge in [0.05, 0.1) is 30.8 Å². The fourth-order valence-electron chi connectivity index (χ4n) is 2.92. The van der Waals surface area contributed by atoms with Crippen LogP contribution in [0.5, 0.6) is 0 Å².